The summed E-state index contributed by atoms with van der Waals surface area (Å²) < 4.78 is 20.4. The highest BCUT2D eigenvalue weighted by atomic mass is 16.7. The van der Waals surface area contributed by atoms with Crippen LogP contribution < -0.4 is 5.46 Å². The summed E-state index contributed by atoms with van der Waals surface area (Å²) >= 11 is 0. The Labute approximate surface area is 90.2 Å². The molecule has 15 heavy (non-hydrogen) atoms. The highest BCUT2D eigenvalue weighted by Crippen LogP contribution is 1.94. The van der Waals surface area contributed by atoms with Crippen LogP contribution >= 0.6 is 0 Å². The van der Waals surface area contributed by atoms with E-state index in [-0.39, 0.29) is 13.6 Å². The van der Waals surface area contributed by atoms with Crippen LogP contribution in [0.3, 0.4) is 0 Å². The summed E-state index contributed by atoms with van der Waals surface area (Å²) in [6.07, 6.45) is 0. The molecular weight excluding hydrogens is 195 g/mol. The molecule has 0 heterocycles. The fourth-order valence-corrected chi connectivity index (χ4v) is 1.11. The first-order chi connectivity index (χ1) is 7.38. The molecule has 0 bridgehead atoms. The molecule has 1 aromatic carbocycles. The number of ether oxygens (including phenoxy) is 2. The largest absolute Gasteiger partial charge is 0.497 e. The summed E-state index contributed by atoms with van der Waals surface area (Å²) in [7, 11) is 2.68. The molecule has 0 aliphatic carbocycles. The van der Waals surface area contributed by atoms with Gasteiger partial charge in [0.2, 0.25) is 0 Å². The van der Waals surface area contributed by atoms with E-state index in [2.05, 4.69) is 0 Å². The van der Waals surface area contributed by atoms with Crippen LogP contribution in [0.2, 0.25) is 0 Å². The minimum atomic E-state index is -0.453. The van der Waals surface area contributed by atoms with Gasteiger partial charge >= 0.3 is 7.12 Å². The highest BCUT2D eigenvalue weighted by Gasteiger charge is 2.20. The lowest BCUT2D eigenvalue weighted by molar-refractivity contribution is -0.00312. The van der Waals surface area contributed by atoms with Crippen LogP contribution in [-0.4, -0.2) is 34.9 Å². The molecule has 1 rings (SSSR count). The smallest absolute Gasteiger partial charge is 0.384 e. The minimum Gasteiger partial charge on any atom is -0.384 e. The maximum atomic E-state index is 5.35. The van der Waals surface area contributed by atoms with Crippen LogP contribution in [0.4, 0.5) is 0 Å². The van der Waals surface area contributed by atoms with E-state index in [1.165, 1.54) is 0 Å². The third-order valence-electron chi connectivity index (χ3n) is 1.75. The van der Waals surface area contributed by atoms with Crippen molar-refractivity contribution in [2.45, 2.75) is 0 Å². The molecule has 5 heteroatoms. The molecule has 0 aliphatic heterocycles. The zero-order chi connectivity index (χ0) is 10.9. The maximum Gasteiger partial charge on any atom is 0.497 e. The van der Waals surface area contributed by atoms with Crippen LogP contribution in [-0.2, 0) is 18.8 Å². The van der Waals surface area contributed by atoms with Crippen LogP contribution in [0, 0.1) is 0 Å². The topological polar surface area (TPSA) is 36.9 Å². The molecule has 4 nitrogen and oxygen atoms in total. The van der Waals surface area contributed by atoms with Gasteiger partial charge in [-0.3, -0.25) is 0 Å². The molecule has 0 fully saturated rings. The lowest BCUT2D eigenvalue weighted by atomic mass is 9.79. The van der Waals surface area contributed by atoms with Gasteiger partial charge in [-0.2, -0.15) is 0 Å². The molecule has 0 aliphatic rings. The van der Waals surface area contributed by atoms with Crippen LogP contribution in [0.1, 0.15) is 0 Å². The average Bonchev–Trinajstić information content (AvgIpc) is 2.30. The molecule has 0 saturated heterocycles. The molecule has 82 valence electrons. The zero-order valence-corrected chi connectivity index (χ0v) is 9.01. The van der Waals surface area contributed by atoms with Gasteiger partial charge in [0.15, 0.2) is 0 Å². The fourth-order valence-electron chi connectivity index (χ4n) is 1.11. The van der Waals surface area contributed by atoms with E-state index in [1.807, 2.05) is 30.3 Å². The van der Waals surface area contributed by atoms with E-state index >= 15 is 0 Å². The Morgan fingerprint density at radius 2 is 1.47 bits per heavy atom. The first kappa shape index (κ1) is 12.2. The summed E-state index contributed by atoms with van der Waals surface area (Å²) in [5.41, 5.74) is 0.937. The fraction of sp³-hybridized carbons (Fsp3) is 0.400. The van der Waals surface area contributed by atoms with Gasteiger partial charge < -0.3 is 18.8 Å². The number of hydrogen-bond acceptors (Lipinski definition) is 4. The quantitative estimate of drug-likeness (QED) is 0.488. The Bertz CT molecular complexity index is 247. The van der Waals surface area contributed by atoms with Crippen molar-refractivity contribution < 1.29 is 18.8 Å². The standard InChI is InChI=1S/C10H15BO4/c1-12-8-14-11(15-9-13-2)10-6-4-3-5-7-10/h3-7H,8-9H2,1-2H3. The van der Waals surface area contributed by atoms with Gasteiger partial charge in [-0.05, 0) is 5.46 Å². The predicted molar refractivity (Wildman–Crippen MR) is 57.8 cm³/mol. The van der Waals surface area contributed by atoms with Crippen molar-refractivity contribution in [3.63, 3.8) is 0 Å². The summed E-state index contributed by atoms with van der Waals surface area (Å²) in [5, 5.41) is 0. The van der Waals surface area contributed by atoms with Crippen molar-refractivity contribution in [3.05, 3.63) is 30.3 Å². The maximum absolute atomic E-state index is 5.35. The van der Waals surface area contributed by atoms with E-state index in [4.69, 9.17) is 18.8 Å². The van der Waals surface area contributed by atoms with E-state index < -0.39 is 7.12 Å². The van der Waals surface area contributed by atoms with Gasteiger partial charge in [0.25, 0.3) is 0 Å². The average molecular weight is 210 g/mol. The molecule has 0 aromatic heterocycles. The summed E-state index contributed by atoms with van der Waals surface area (Å²) in [6, 6.07) is 9.64. The summed E-state index contributed by atoms with van der Waals surface area (Å²) in [6.45, 7) is 0.368. The van der Waals surface area contributed by atoms with Gasteiger partial charge in [-0.25, -0.2) is 0 Å². The molecule has 0 radical (unpaired) electrons. The summed E-state index contributed by atoms with van der Waals surface area (Å²) in [4.78, 5) is 0. The van der Waals surface area contributed by atoms with E-state index in [0.717, 1.165) is 5.46 Å². The molecule has 0 saturated carbocycles. The molecule has 1 aromatic rings. The Balaban J connectivity index is 2.55. The van der Waals surface area contributed by atoms with Gasteiger partial charge in [0.05, 0.1) is 0 Å². The molecule has 0 unspecified atom stereocenters. The van der Waals surface area contributed by atoms with Gasteiger partial charge in [-0.15, -0.1) is 0 Å². The van der Waals surface area contributed by atoms with Crippen LogP contribution in [0.25, 0.3) is 0 Å². The predicted octanol–water partition coefficient (Wildman–Crippen LogP) is 0.623. The minimum absolute atomic E-state index is 0.184. The normalized spacial score (nSPS) is 10.3. The van der Waals surface area contributed by atoms with E-state index in [9.17, 15) is 0 Å². The number of benzene rings is 1. The number of hydrogen-bond donors (Lipinski definition) is 0. The molecular formula is C10H15BO4. The second-order valence-corrected chi connectivity index (χ2v) is 2.89. The Morgan fingerprint density at radius 3 is 1.93 bits per heavy atom. The monoisotopic (exact) mass is 210 g/mol. The SMILES string of the molecule is COCOB(OCOC)c1ccccc1. The van der Waals surface area contributed by atoms with E-state index in [1.54, 1.807) is 14.2 Å². The van der Waals surface area contributed by atoms with Crippen molar-refractivity contribution in [1.82, 2.24) is 0 Å². The number of methoxy groups -OCH3 is 2. The molecule has 0 spiro atoms. The zero-order valence-electron chi connectivity index (χ0n) is 9.01. The van der Waals surface area contributed by atoms with Crippen molar-refractivity contribution >= 4 is 12.6 Å². The lowest BCUT2D eigenvalue weighted by Crippen LogP contribution is -2.38. The van der Waals surface area contributed by atoms with Gasteiger partial charge in [-0.1, -0.05) is 30.3 Å². The van der Waals surface area contributed by atoms with Crippen molar-refractivity contribution in [1.29, 1.82) is 0 Å². The molecule has 0 atom stereocenters. The van der Waals surface area contributed by atoms with Gasteiger partial charge in [0, 0.05) is 14.2 Å². The Morgan fingerprint density at radius 1 is 0.933 bits per heavy atom. The Hall–Kier alpha value is -0.875. The van der Waals surface area contributed by atoms with Crippen molar-refractivity contribution in [3.8, 4) is 0 Å². The second kappa shape index (κ2) is 7.42. The van der Waals surface area contributed by atoms with E-state index in [0.29, 0.717) is 0 Å². The second-order valence-electron chi connectivity index (χ2n) is 2.89. The van der Waals surface area contributed by atoms with Crippen molar-refractivity contribution in [2.75, 3.05) is 27.8 Å². The van der Waals surface area contributed by atoms with Gasteiger partial charge in [0.1, 0.15) is 13.6 Å². The Kier molecular flexibility index (Phi) is 6.03. The first-order valence-electron chi connectivity index (χ1n) is 4.64. The van der Waals surface area contributed by atoms with Crippen LogP contribution in [0.15, 0.2) is 30.3 Å². The van der Waals surface area contributed by atoms with Crippen molar-refractivity contribution in [2.24, 2.45) is 0 Å². The highest BCUT2D eigenvalue weighted by molar-refractivity contribution is 6.61. The van der Waals surface area contributed by atoms with Crippen LogP contribution in [0.5, 0.6) is 0 Å². The third-order valence-corrected chi connectivity index (χ3v) is 1.75. The third kappa shape index (κ3) is 4.44. The molecule has 0 amide bonds. The summed E-state index contributed by atoms with van der Waals surface area (Å²) in [5.74, 6) is 0. The lowest BCUT2D eigenvalue weighted by Gasteiger charge is -2.13. The number of rotatable bonds is 7. The molecule has 0 N–H and O–H groups in total. The first-order valence-corrected chi connectivity index (χ1v) is 4.64.